The van der Waals surface area contributed by atoms with Crippen molar-refractivity contribution in [2.75, 3.05) is 5.32 Å². The minimum Gasteiger partial charge on any atom is -0.320 e. The summed E-state index contributed by atoms with van der Waals surface area (Å²) in [5.74, 6) is -0.244. The third-order valence-corrected chi connectivity index (χ3v) is 1.92. The molecule has 1 aromatic heterocycles. The van der Waals surface area contributed by atoms with Crippen molar-refractivity contribution in [3.8, 4) is 0 Å². The molecule has 0 bridgehead atoms. The highest BCUT2D eigenvalue weighted by atomic mass is 32.1. The number of amides is 1. The SMILES string of the molecule is Cc1nnc(NC(=O)[C@H](C)N)s1. The van der Waals surface area contributed by atoms with Gasteiger partial charge in [0.25, 0.3) is 0 Å². The van der Waals surface area contributed by atoms with Crippen LogP contribution in [0, 0.1) is 6.92 Å². The Labute approximate surface area is 74.0 Å². The number of anilines is 1. The van der Waals surface area contributed by atoms with Gasteiger partial charge in [-0.1, -0.05) is 11.3 Å². The largest absolute Gasteiger partial charge is 0.320 e. The van der Waals surface area contributed by atoms with Crippen LogP contribution < -0.4 is 11.1 Å². The monoisotopic (exact) mass is 186 g/mol. The first-order valence-electron chi connectivity index (χ1n) is 3.46. The fourth-order valence-electron chi connectivity index (χ4n) is 0.566. The predicted molar refractivity (Wildman–Crippen MR) is 46.9 cm³/mol. The number of hydrogen-bond acceptors (Lipinski definition) is 5. The molecular weight excluding hydrogens is 176 g/mol. The van der Waals surface area contributed by atoms with E-state index in [9.17, 15) is 4.79 Å². The lowest BCUT2D eigenvalue weighted by Crippen LogP contribution is -2.32. The maximum Gasteiger partial charge on any atom is 0.242 e. The van der Waals surface area contributed by atoms with Gasteiger partial charge in [-0.25, -0.2) is 0 Å². The molecule has 6 heteroatoms. The van der Waals surface area contributed by atoms with Gasteiger partial charge in [0.15, 0.2) is 0 Å². The quantitative estimate of drug-likeness (QED) is 0.688. The number of aryl methyl sites for hydroxylation is 1. The van der Waals surface area contributed by atoms with E-state index in [-0.39, 0.29) is 5.91 Å². The van der Waals surface area contributed by atoms with Gasteiger partial charge in [0.2, 0.25) is 11.0 Å². The highest BCUT2D eigenvalue weighted by Gasteiger charge is 2.09. The van der Waals surface area contributed by atoms with Gasteiger partial charge in [0.1, 0.15) is 5.01 Å². The van der Waals surface area contributed by atoms with Crippen LogP contribution >= 0.6 is 11.3 Å². The number of nitrogens with one attached hydrogen (secondary N) is 1. The first kappa shape index (κ1) is 9.08. The number of aromatic nitrogens is 2. The second kappa shape index (κ2) is 3.59. The van der Waals surface area contributed by atoms with E-state index in [4.69, 9.17) is 5.73 Å². The summed E-state index contributed by atoms with van der Waals surface area (Å²) in [7, 11) is 0. The molecule has 66 valence electrons. The summed E-state index contributed by atoms with van der Waals surface area (Å²) in [6, 6.07) is -0.519. The van der Waals surface area contributed by atoms with Crippen molar-refractivity contribution >= 4 is 22.4 Å². The Morgan fingerprint density at radius 1 is 1.67 bits per heavy atom. The van der Waals surface area contributed by atoms with Gasteiger partial charge in [-0.05, 0) is 13.8 Å². The summed E-state index contributed by atoms with van der Waals surface area (Å²) in [6.45, 7) is 3.43. The van der Waals surface area contributed by atoms with E-state index in [2.05, 4.69) is 15.5 Å². The van der Waals surface area contributed by atoms with Gasteiger partial charge < -0.3 is 5.73 Å². The van der Waals surface area contributed by atoms with Gasteiger partial charge in [0, 0.05) is 0 Å². The van der Waals surface area contributed by atoms with Crippen LogP contribution in [0.3, 0.4) is 0 Å². The van der Waals surface area contributed by atoms with Crippen LogP contribution in [0.4, 0.5) is 5.13 Å². The lowest BCUT2D eigenvalue weighted by atomic mass is 10.3. The predicted octanol–water partition coefficient (Wildman–Crippen LogP) is 0.132. The third-order valence-electron chi connectivity index (χ3n) is 1.17. The molecular formula is C6H10N4OS. The normalized spacial score (nSPS) is 12.6. The second-order valence-electron chi connectivity index (χ2n) is 2.40. The molecule has 1 rings (SSSR count). The molecule has 0 aliphatic heterocycles. The Morgan fingerprint density at radius 2 is 2.33 bits per heavy atom. The highest BCUT2D eigenvalue weighted by molar-refractivity contribution is 7.15. The molecule has 0 aliphatic carbocycles. The Kier molecular flexibility index (Phi) is 2.72. The van der Waals surface area contributed by atoms with Gasteiger partial charge in [-0.15, -0.1) is 10.2 Å². The van der Waals surface area contributed by atoms with Crippen LogP contribution in [0.2, 0.25) is 0 Å². The Hall–Kier alpha value is -1.01. The maximum absolute atomic E-state index is 11.0. The molecule has 0 unspecified atom stereocenters. The summed E-state index contributed by atoms with van der Waals surface area (Å²) in [5.41, 5.74) is 5.33. The van der Waals surface area contributed by atoms with E-state index in [0.717, 1.165) is 5.01 Å². The van der Waals surface area contributed by atoms with Crippen molar-refractivity contribution < 1.29 is 4.79 Å². The van der Waals surface area contributed by atoms with Crippen LogP contribution in [0.1, 0.15) is 11.9 Å². The number of carbonyl (C=O) groups excluding carboxylic acids is 1. The molecule has 0 aliphatic rings. The number of carbonyl (C=O) groups is 1. The van der Waals surface area contributed by atoms with E-state index >= 15 is 0 Å². The van der Waals surface area contributed by atoms with Crippen LogP contribution in [0.5, 0.6) is 0 Å². The average molecular weight is 186 g/mol. The molecule has 1 heterocycles. The Bertz CT molecular complexity index is 283. The van der Waals surface area contributed by atoms with Crippen molar-refractivity contribution in [3.63, 3.8) is 0 Å². The minimum absolute atomic E-state index is 0.244. The summed E-state index contributed by atoms with van der Waals surface area (Å²) in [5, 5.41) is 11.3. The summed E-state index contributed by atoms with van der Waals surface area (Å²) in [4.78, 5) is 11.0. The van der Waals surface area contributed by atoms with Crippen molar-refractivity contribution in [3.05, 3.63) is 5.01 Å². The summed E-state index contributed by atoms with van der Waals surface area (Å²) >= 11 is 1.32. The molecule has 5 nitrogen and oxygen atoms in total. The van der Waals surface area contributed by atoms with Crippen LogP contribution in [-0.2, 0) is 4.79 Å². The Balaban J connectivity index is 2.58. The number of rotatable bonds is 2. The fourth-order valence-corrected chi connectivity index (χ4v) is 1.16. The molecule has 3 N–H and O–H groups in total. The lowest BCUT2D eigenvalue weighted by Gasteiger charge is -2.02. The molecule has 0 fully saturated rings. The highest BCUT2D eigenvalue weighted by Crippen LogP contribution is 2.13. The molecule has 0 saturated heterocycles. The average Bonchev–Trinajstić information content (AvgIpc) is 2.35. The summed E-state index contributed by atoms with van der Waals surface area (Å²) in [6.07, 6.45) is 0. The van der Waals surface area contributed by atoms with Crippen LogP contribution in [0.15, 0.2) is 0 Å². The molecule has 0 radical (unpaired) electrons. The van der Waals surface area contributed by atoms with E-state index in [1.54, 1.807) is 6.92 Å². The van der Waals surface area contributed by atoms with Gasteiger partial charge in [-0.2, -0.15) is 0 Å². The smallest absolute Gasteiger partial charge is 0.242 e. The van der Waals surface area contributed by atoms with Crippen molar-refractivity contribution in [2.24, 2.45) is 5.73 Å². The second-order valence-corrected chi connectivity index (χ2v) is 3.59. The zero-order valence-electron chi connectivity index (χ0n) is 6.87. The van der Waals surface area contributed by atoms with Crippen molar-refractivity contribution in [1.29, 1.82) is 0 Å². The molecule has 0 aromatic carbocycles. The van der Waals surface area contributed by atoms with Crippen LogP contribution in [0.25, 0.3) is 0 Å². The third kappa shape index (κ3) is 2.24. The molecule has 1 atom stereocenters. The van der Waals surface area contributed by atoms with Gasteiger partial charge in [0.05, 0.1) is 6.04 Å². The number of nitrogens with zero attached hydrogens (tertiary/aromatic N) is 2. The number of hydrogen-bond donors (Lipinski definition) is 2. The molecule has 0 saturated carbocycles. The molecule has 1 aromatic rings. The standard InChI is InChI=1S/C6H10N4OS/c1-3(7)5(11)8-6-10-9-4(2)12-6/h3H,7H2,1-2H3,(H,8,10,11)/t3-/m0/s1. The first-order valence-corrected chi connectivity index (χ1v) is 4.28. The Morgan fingerprint density at radius 3 is 2.75 bits per heavy atom. The summed E-state index contributed by atoms with van der Waals surface area (Å²) < 4.78 is 0. The fraction of sp³-hybridized carbons (Fsp3) is 0.500. The molecule has 0 spiro atoms. The molecule has 12 heavy (non-hydrogen) atoms. The topological polar surface area (TPSA) is 80.9 Å². The van der Waals surface area contributed by atoms with E-state index in [0.29, 0.717) is 5.13 Å². The number of nitrogens with two attached hydrogens (primary N) is 1. The van der Waals surface area contributed by atoms with Crippen molar-refractivity contribution in [1.82, 2.24) is 10.2 Å². The lowest BCUT2D eigenvalue weighted by molar-refractivity contribution is -0.117. The zero-order chi connectivity index (χ0) is 9.14. The molecule has 1 amide bonds. The first-order chi connectivity index (χ1) is 5.59. The zero-order valence-corrected chi connectivity index (χ0v) is 7.68. The van der Waals surface area contributed by atoms with Gasteiger partial charge >= 0.3 is 0 Å². The van der Waals surface area contributed by atoms with Gasteiger partial charge in [-0.3, -0.25) is 10.1 Å². The van der Waals surface area contributed by atoms with Crippen LogP contribution in [-0.4, -0.2) is 22.1 Å². The van der Waals surface area contributed by atoms with E-state index in [1.165, 1.54) is 11.3 Å². The van der Waals surface area contributed by atoms with Crippen molar-refractivity contribution in [2.45, 2.75) is 19.9 Å². The minimum atomic E-state index is -0.519. The van der Waals surface area contributed by atoms with E-state index in [1.807, 2.05) is 6.92 Å². The van der Waals surface area contributed by atoms with E-state index < -0.39 is 6.04 Å². The maximum atomic E-state index is 11.0.